The quantitative estimate of drug-likeness (QED) is 0.883. The Morgan fingerprint density at radius 2 is 2.00 bits per heavy atom. The van der Waals surface area contributed by atoms with Gasteiger partial charge in [0.1, 0.15) is 5.82 Å². The molecule has 0 spiro atoms. The van der Waals surface area contributed by atoms with Crippen molar-refractivity contribution < 1.29 is 4.79 Å². The largest absolute Gasteiger partial charge is 0.311 e. The van der Waals surface area contributed by atoms with Gasteiger partial charge in [0.05, 0.1) is 6.20 Å². The van der Waals surface area contributed by atoms with E-state index in [2.05, 4.69) is 24.3 Å². The molecule has 0 saturated heterocycles. The van der Waals surface area contributed by atoms with Crippen molar-refractivity contribution in [2.45, 2.75) is 33.2 Å². The molecule has 0 saturated carbocycles. The normalized spacial score (nSPS) is 10.9. The molecule has 0 bridgehead atoms. The van der Waals surface area contributed by atoms with Crippen molar-refractivity contribution in [1.29, 1.82) is 0 Å². The van der Waals surface area contributed by atoms with Gasteiger partial charge < -0.3 is 5.32 Å². The minimum absolute atomic E-state index is 0.00421. The summed E-state index contributed by atoms with van der Waals surface area (Å²) in [6.07, 6.45) is 2.84. The van der Waals surface area contributed by atoms with Crippen molar-refractivity contribution in [3.63, 3.8) is 0 Å². The van der Waals surface area contributed by atoms with E-state index < -0.39 is 0 Å². The zero-order valence-electron chi connectivity index (χ0n) is 12.3. The number of benzene rings is 1. The highest BCUT2D eigenvalue weighted by Crippen LogP contribution is 2.13. The number of hydrogen-bond acceptors (Lipinski definition) is 2. The van der Waals surface area contributed by atoms with Crippen LogP contribution in [0.5, 0.6) is 0 Å². The fourth-order valence-corrected chi connectivity index (χ4v) is 2.17. The van der Waals surface area contributed by atoms with Crippen LogP contribution in [0, 0.1) is 5.92 Å². The van der Waals surface area contributed by atoms with Crippen LogP contribution in [0.15, 0.2) is 36.5 Å². The molecule has 1 heterocycles. The molecule has 21 heavy (non-hydrogen) atoms. The van der Waals surface area contributed by atoms with Crippen LogP contribution in [-0.2, 0) is 17.8 Å². The Balaban J connectivity index is 1.87. The lowest BCUT2D eigenvalue weighted by Crippen LogP contribution is -2.17. The Hall–Kier alpha value is -1.81. The summed E-state index contributed by atoms with van der Waals surface area (Å²) in [6, 6.07) is 9.39. The molecular formula is C16H20ClN3O. The number of aryl methyl sites for hydroxylation is 1. The summed E-state index contributed by atoms with van der Waals surface area (Å²) in [4.78, 5) is 12.0. The lowest BCUT2D eigenvalue weighted by Gasteiger charge is -2.10. The van der Waals surface area contributed by atoms with E-state index in [-0.39, 0.29) is 5.91 Å². The molecule has 1 aromatic heterocycles. The lowest BCUT2D eigenvalue weighted by molar-refractivity contribution is -0.116. The van der Waals surface area contributed by atoms with Gasteiger partial charge in [0.2, 0.25) is 5.91 Å². The van der Waals surface area contributed by atoms with Crippen LogP contribution < -0.4 is 5.32 Å². The molecule has 0 aliphatic carbocycles. The molecule has 0 aliphatic heterocycles. The molecule has 112 valence electrons. The molecule has 2 aromatic rings. The SMILES string of the molecule is CC(C)Cn1nccc1NC(=O)CCc1ccc(Cl)cc1. The standard InChI is InChI=1S/C16H20ClN3O/c1-12(2)11-20-15(9-10-18-20)19-16(21)8-5-13-3-6-14(17)7-4-13/h3-4,6-7,9-10,12H,5,8,11H2,1-2H3,(H,19,21). The maximum atomic E-state index is 12.0. The van der Waals surface area contributed by atoms with E-state index in [1.54, 1.807) is 6.20 Å². The van der Waals surface area contributed by atoms with Crippen molar-refractivity contribution in [2.75, 3.05) is 5.32 Å². The maximum absolute atomic E-state index is 12.0. The molecule has 0 aliphatic rings. The molecule has 0 radical (unpaired) electrons. The van der Waals surface area contributed by atoms with Gasteiger partial charge in [0.25, 0.3) is 0 Å². The van der Waals surface area contributed by atoms with Gasteiger partial charge in [-0.3, -0.25) is 4.79 Å². The number of anilines is 1. The molecule has 0 unspecified atom stereocenters. The first-order chi connectivity index (χ1) is 10.0. The second-order valence-electron chi connectivity index (χ2n) is 5.47. The predicted octanol–water partition coefficient (Wildman–Crippen LogP) is 3.76. The van der Waals surface area contributed by atoms with Gasteiger partial charge in [-0.15, -0.1) is 0 Å². The molecule has 1 amide bonds. The van der Waals surface area contributed by atoms with Crippen LogP contribution in [0.2, 0.25) is 5.02 Å². The molecule has 0 atom stereocenters. The van der Waals surface area contributed by atoms with E-state index in [1.165, 1.54) is 0 Å². The number of halogens is 1. The zero-order chi connectivity index (χ0) is 15.2. The lowest BCUT2D eigenvalue weighted by atomic mass is 10.1. The van der Waals surface area contributed by atoms with Crippen LogP contribution in [0.3, 0.4) is 0 Å². The minimum Gasteiger partial charge on any atom is -0.311 e. The Bertz CT molecular complexity index is 590. The smallest absolute Gasteiger partial charge is 0.225 e. The Kier molecular flexibility index (Phi) is 5.39. The highest BCUT2D eigenvalue weighted by molar-refractivity contribution is 6.30. The molecule has 5 heteroatoms. The molecule has 4 nitrogen and oxygen atoms in total. The first kappa shape index (κ1) is 15.6. The second-order valence-corrected chi connectivity index (χ2v) is 5.90. The molecule has 2 rings (SSSR count). The number of rotatable bonds is 6. The number of nitrogens with zero attached hydrogens (tertiary/aromatic N) is 2. The maximum Gasteiger partial charge on any atom is 0.225 e. The number of aromatic nitrogens is 2. The van der Waals surface area contributed by atoms with E-state index in [4.69, 9.17) is 11.6 Å². The fraction of sp³-hybridized carbons (Fsp3) is 0.375. The third-order valence-corrected chi connectivity index (χ3v) is 3.33. The van der Waals surface area contributed by atoms with Crippen LogP contribution >= 0.6 is 11.6 Å². The van der Waals surface area contributed by atoms with E-state index in [0.717, 1.165) is 17.9 Å². The van der Waals surface area contributed by atoms with Gasteiger partial charge in [-0.05, 0) is 30.0 Å². The summed E-state index contributed by atoms with van der Waals surface area (Å²) < 4.78 is 1.82. The van der Waals surface area contributed by atoms with Crippen molar-refractivity contribution in [3.8, 4) is 0 Å². The molecule has 1 N–H and O–H groups in total. The van der Waals surface area contributed by atoms with Crippen molar-refractivity contribution >= 4 is 23.3 Å². The number of nitrogens with one attached hydrogen (secondary N) is 1. The van der Waals surface area contributed by atoms with E-state index in [1.807, 2.05) is 35.0 Å². The third-order valence-electron chi connectivity index (χ3n) is 3.08. The summed E-state index contributed by atoms with van der Waals surface area (Å²) in [7, 11) is 0. The minimum atomic E-state index is -0.00421. The van der Waals surface area contributed by atoms with Gasteiger partial charge in [0, 0.05) is 24.1 Å². The van der Waals surface area contributed by atoms with Gasteiger partial charge in [-0.25, -0.2) is 4.68 Å². The fourth-order valence-electron chi connectivity index (χ4n) is 2.04. The Morgan fingerprint density at radius 3 is 2.67 bits per heavy atom. The number of carbonyl (C=O) groups is 1. The molecule has 1 aromatic carbocycles. The van der Waals surface area contributed by atoms with Crippen LogP contribution in [-0.4, -0.2) is 15.7 Å². The van der Waals surface area contributed by atoms with Crippen LogP contribution in [0.25, 0.3) is 0 Å². The van der Waals surface area contributed by atoms with E-state index in [0.29, 0.717) is 23.8 Å². The van der Waals surface area contributed by atoms with Gasteiger partial charge >= 0.3 is 0 Å². The Morgan fingerprint density at radius 1 is 1.29 bits per heavy atom. The van der Waals surface area contributed by atoms with Gasteiger partial charge in [0.15, 0.2) is 0 Å². The first-order valence-corrected chi connectivity index (χ1v) is 7.48. The summed E-state index contributed by atoms with van der Waals surface area (Å²) in [6.45, 7) is 5.03. The second kappa shape index (κ2) is 7.27. The molecule has 0 fully saturated rings. The van der Waals surface area contributed by atoms with Gasteiger partial charge in [-0.2, -0.15) is 5.10 Å². The summed E-state index contributed by atoms with van der Waals surface area (Å²) in [5, 5.41) is 7.85. The Labute approximate surface area is 130 Å². The van der Waals surface area contributed by atoms with Crippen molar-refractivity contribution in [2.24, 2.45) is 5.92 Å². The average molecular weight is 306 g/mol. The predicted molar refractivity (Wildman–Crippen MR) is 85.5 cm³/mol. The number of amides is 1. The van der Waals surface area contributed by atoms with Crippen molar-refractivity contribution in [1.82, 2.24) is 9.78 Å². The van der Waals surface area contributed by atoms with Crippen LogP contribution in [0.4, 0.5) is 5.82 Å². The topological polar surface area (TPSA) is 46.9 Å². The monoisotopic (exact) mass is 305 g/mol. The first-order valence-electron chi connectivity index (χ1n) is 7.10. The van der Waals surface area contributed by atoms with Crippen LogP contribution in [0.1, 0.15) is 25.8 Å². The third kappa shape index (κ3) is 4.90. The number of hydrogen-bond donors (Lipinski definition) is 1. The van der Waals surface area contributed by atoms with E-state index in [9.17, 15) is 4.79 Å². The average Bonchev–Trinajstić information content (AvgIpc) is 2.84. The molecular weight excluding hydrogens is 286 g/mol. The zero-order valence-corrected chi connectivity index (χ0v) is 13.1. The highest BCUT2D eigenvalue weighted by Gasteiger charge is 2.08. The number of carbonyl (C=O) groups excluding carboxylic acids is 1. The summed E-state index contributed by atoms with van der Waals surface area (Å²) >= 11 is 5.84. The van der Waals surface area contributed by atoms with Gasteiger partial charge in [-0.1, -0.05) is 37.6 Å². The summed E-state index contributed by atoms with van der Waals surface area (Å²) in [5.41, 5.74) is 1.10. The highest BCUT2D eigenvalue weighted by atomic mass is 35.5. The summed E-state index contributed by atoms with van der Waals surface area (Å²) in [5.74, 6) is 1.23. The van der Waals surface area contributed by atoms with E-state index >= 15 is 0 Å². The van der Waals surface area contributed by atoms with Crippen molar-refractivity contribution in [3.05, 3.63) is 47.1 Å².